The predicted octanol–water partition coefficient (Wildman–Crippen LogP) is 3.06. The molecule has 1 aliphatic heterocycles. The summed E-state index contributed by atoms with van der Waals surface area (Å²) in [7, 11) is 3.29. The van der Waals surface area contributed by atoms with Crippen LogP contribution in [0.5, 0.6) is 5.75 Å². The fraction of sp³-hybridized carbons (Fsp3) is 0.286. The summed E-state index contributed by atoms with van der Waals surface area (Å²) in [6.07, 6.45) is 2.49. The van der Waals surface area contributed by atoms with Crippen LogP contribution in [0.3, 0.4) is 0 Å². The fourth-order valence-corrected chi connectivity index (χ4v) is 3.64. The number of aromatic amines is 1. The van der Waals surface area contributed by atoms with Crippen LogP contribution in [0.15, 0.2) is 48.7 Å². The molecule has 0 radical (unpaired) electrons. The van der Waals surface area contributed by atoms with E-state index in [4.69, 9.17) is 9.47 Å². The zero-order valence-electron chi connectivity index (χ0n) is 15.9. The number of pyridine rings is 1. The van der Waals surface area contributed by atoms with Gasteiger partial charge in [0.15, 0.2) is 0 Å². The van der Waals surface area contributed by atoms with Crippen LogP contribution in [0.25, 0.3) is 11.3 Å². The second kappa shape index (κ2) is 7.82. The molecule has 0 spiro atoms. The van der Waals surface area contributed by atoms with Crippen LogP contribution in [0, 0.1) is 0 Å². The van der Waals surface area contributed by atoms with Gasteiger partial charge in [0, 0.05) is 37.6 Å². The molecule has 28 heavy (non-hydrogen) atoms. The largest absolute Gasteiger partial charge is 0.497 e. The first kappa shape index (κ1) is 18.2. The van der Waals surface area contributed by atoms with Crippen molar-refractivity contribution in [2.75, 3.05) is 27.4 Å². The van der Waals surface area contributed by atoms with E-state index in [0.29, 0.717) is 18.8 Å². The van der Waals surface area contributed by atoms with E-state index in [1.165, 1.54) is 0 Å². The van der Waals surface area contributed by atoms with Crippen molar-refractivity contribution in [3.8, 4) is 17.0 Å². The Bertz CT molecular complexity index is 971. The monoisotopic (exact) mass is 378 g/mol. The highest BCUT2D eigenvalue weighted by atomic mass is 16.5. The first-order chi connectivity index (χ1) is 13.7. The minimum atomic E-state index is -0.291. The zero-order chi connectivity index (χ0) is 19.5. The normalized spacial score (nSPS) is 15.7. The molecule has 144 valence electrons. The summed E-state index contributed by atoms with van der Waals surface area (Å²) in [5.41, 5.74) is 3.83. The van der Waals surface area contributed by atoms with Crippen LogP contribution >= 0.6 is 0 Å². The molecule has 1 unspecified atom stereocenters. The summed E-state index contributed by atoms with van der Waals surface area (Å²) < 4.78 is 10.5. The zero-order valence-corrected chi connectivity index (χ0v) is 15.9. The lowest BCUT2D eigenvalue weighted by Crippen LogP contribution is -2.31. The van der Waals surface area contributed by atoms with Crippen molar-refractivity contribution in [2.24, 2.45) is 0 Å². The second-order valence-corrected chi connectivity index (χ2v) is 6.59. The van der Waals surface area contributed by atoms with Crippen molar-refractivity contribution in [2.45, 2.75) is 12.5 Å². The van der Waals surface area contributed by atoms with Crippen molar-refractivity contribution in [3.05, 3.63) is 65.6 Å². The molecule has 0 saturated carbocycles. The minimum absolute atomic E-state index is 0.0663. The first-order valence-electron chi connectivity index (χ1n) is 9.18. The standard InChI is InChI=1S/C21H22N4O3/c1-27-12-6-11-25-20(16-9-3-4-10-22-16)17-18(23-24-19(17)21(25)26)14-7-5-8-15(13-14)28-2/h3-5,7-10,13,20H,6,11-12H2,1-2H3,(H,23,24). The second-order valence-electron chi connectivity index (χ2n) is 6.59. The van der Waals surface area contributed by atoms with Gasteiger partial charge in [0.1, 0.15) is 17.5 Å². The molecule has 1 aliphatic rings. The lowest BCUT2D eigenvalue weighted by atomic mass is 9.99. The number of H-pyrrole nitrogens is 1. The van der Waals surface area contributed by atoms with Gasteiger partial charge in [-0.3, -0.25) is 14.9 Å². The van der Waals surface area contributed by atoms with Gasteiger partial charge in [0.25, 0.3) is 5.91 Å². The van der Waals surface area contributed by atoms with E-state index < -0.39 is 0 Å². The van der Waals surface area contributed by atoms with Crippen LogP contribution in [0.4, 0.5) is 0 Å². The van der Waals surface area contributed by atoms with Gasteiger partial charge < -0.3 is 14.4 Å². The molecule has 3 heterocycles. The maximum atomic E-state index is 13.1. The smallest absolute Gasteiger partial charge is 0.273 e. The Balaban J connectivity index is 1.81. The number of nitrogens with zero attached hydrogens (tertiary/aromatic N) is 3. The third-order valence-electron chi connectivity index (χ3n) is 4.92. The Kier molecular flexibility index (Phi) is 5.08. The molecule has 1 aromatic carbocycles. The topological polar surface area (TPSA) is 80.3 Å². The molecule has 0 fully saturated rings. The molecule has 1 atom stereocenters. The first-order valence-corrected chi connectivity index (χ1v) is 9.18. The molecular formula is C21H22N4O3. The van der Waals surface area contributed by atoms with Crippen molar-refractivity contribution in [3.63, 3.8) is 0 Å². The van der Waals surface area contributed by atoms with E-state index in [1.54, 1.807) is 20.4 Å². The molecule has 0 aliphatic carbocycles. The van der Waals surface area contributed by atoms with Crippen molar-refractivity contribution < 1.29 is 14.3 Å². The third kappa shape index (κ3) is 3.14. The summed E-state index contributed by atoms with van der Waals surface area (Å²) >= 11 is 0. The maximum absolute atomic E-state index is 13.1. The SMILES string of the molecule is COCCCN1C(=O)c2[nH]nc(-c3cccc(OC)c3)c2C1c1ccccn1. The van der Waals surface area contributed by atoms with E-state index in [2.05, 4.69) is 15.2 Å². The molecule has 1 amide bonds. The van der Waals surface area contributed by atoms with E-state index in [-0.39, 0.29) is 11.9 Å². The summed E-state index contributed by atoms with van der Waals surface area (Å²) in [4.78, 5) is 19.5. The number of carbonyl (C=O) groups is 1. The summed E-state index contributed by atoms with van der Waals surface area (Å²) in [6, 6.07) is 13.1. The number of nitrogens with one attached hydrogen (secondary N) is 1. The molecule has 0 bridgehead atoms. The molecule has 3 aromatic rings. The van der Waals surface area contributed by atoms with Crippen LogP contribution < -0.4 is 4.74 Å². The van der Waals surface area contributed by atoms with Crippen molar-refractivity contribution in [1.82, 2.24) is 20.1 Å². The third-order valence-corrected chi connectivity index (χ3v) is 4.92. The highest BCUT2D eigenvalue weighted by Crippen LogP contribution is 2.42. The number of hydrogen-bond donors (Lipinski definition) is 1. The molecule has 2 aromatic heterocycles. The molecule has 0 saturated heterocycles. The van der Waals surface area contributed by atoms with Crippen molar-refractivity contribution >= 4 is 5.91 Å². The van der Waals surface area contributed by atoms with E-state index in [1.807, 2.05) is 47.4 Å². The van der Waals surface area contributed by atoms with Gasteiger partial charge in [-0.25, -0.2) is 0 Å². The Hall–Kier alpha value is -3.19. The van der Waals surface area contributed by atoms with E-state index in [9.17, 15) is 4.79 Å². The van der Waals surface area contributed by atoms with Crippen molar-refractivity contribution in [1.29, 1.82) is 0 Å². The van der Waals surface area contributed by atoms with Crippen LogP contribution in [0.2, 0.25) is 0 Å². The lowest BCUT2D eigenvalue weighted by molar-refractivity contribution is 0.0720. The quantitative estimate of drug-likeness (QED) is 0.639. The number of carbonyl (C=O) groups excluding carboxylic acids is 1. The number of amides is 1. The number of hydrogen-bond acceptors (Lipinski definition) is 5. The van der Waals surface area contributed by atoms with E-state index in [0.717, 1.165) is 34.7 Å². The van der Waals surface area contributed by atoms with Gasteiger partial charge in [0.05, 0.1) is 18.5 Å². The maximum Gasteiger partial charge on any atom is 0.273 e. The minimum Gasteiger partial charge on any atom is -0.497 e. The Morgan fingerprint density at radius 2 is 2.07 bits per heavy atom. The number of methoxy groups -OCH3 is 2. The van der Waals surface area contributed by atoms with Gasteiger partial charge in [-0.05, 0) is 30.7 Å². The molecular weight excluding hydrogens is 356 g/mol. The number of aromatic nitrogens is 3. The summed E-state index contributed by atoms with van der Waals surface area (Å²) in [6.45, 7) is 1.17. The Morgan fingerprint density at radius 3 is 2.82 bits per heavy atom. The summed E-state index contributed by atoms with van der Waals surface area (Å²) in [5.74, 6) is 0.674. The number of rotatable bonds is 7. The highest BCUT2D eigenvalue weighted by Gasteiger charge is 2.42. The van der Waals surface area contributed by atoms with Gasteiger partial charge >= 0.3 is 0 Å². The molecule has 7 nitrogen and oxygen atoms in total. The number of fused-ring (bicyclic) bond motifs is 1. The number of ether oxygens (including phenoxy) is 2. The molecule has 4 rings (SSSR count). The van der Waals surface area contributed by atoms with E-state index >= 15 is 0 Å². The Labute approximate surface area is 163 Å². The van der Waals surface area contributed by atoms with Gasteiger partial charge in [0.2, 0.25) is 0 Å². The van der Waals surface area contributed by atoms with Gasteiger partial charge in [-0.1, -0.05) is 18.2 Å². The molecule has 1 N–H and O–H groups in total. The lowest BCUT2D eigenvalue weighted by Gasteiger charge is -2.25. The Morgan fingerprint density at radius 1 is 1.18 bits per heavy atom. The molecule has 7 heteroatoms. The van der Waals surface area contributed by atoms with Gasteiger partial charge in [-0.15, -0.1) is 0 Å². The van der Waals surface area contributed by atoms with Crippen LogP contribution in [-0.2, 0) is 4.74 Å². The average Bonchev–Trinajstić information content (AvgIpc) is 3.28. The van der Waals surface area contributed by atoms with Crippen LogP contribution in [0.1, 0.15) is 34.2 Å². The predicted molar refractivity (Wildman–Crippen MR) is 104 cm³/mol. The number of benzene rings is 1. The average molecular weight is 378 g/mol. The highest BCUT2D eigenvalue weighted by molar-refractivity contribution is 6.00. The summed E-state index contributed by atoms with van der Waals surface area (Å²) in [5, 5.41) is 7.41. The van der Waals surface area contributed by atoms with Crippen LogP contribution in [-0.4, -0.2) is 53.4 Å². The fourth-order valence-electron chi connectivity index (χ4n) is 3.64. The van der Waals surface area contributed by atoms with Gasteiger partial charge in [-0.2, -0.15) is 5.10 Å².